The number of nitrogens with one attached hydrogen (secondary N) is 1. The summed E-state index contributed by atoms with van der Waals surface area (Å²) in [6.45, 7) is 0.850. The number of aryl methyl sites for hydroxylation is 2. The second-order valence-electron chi connectivity index (χ2n) is 6.79. The Balaban J connectivity index is 1.38. The van der Waals surface area contributed by atoms with Crippen molar-refractivity contribution in [3.63, 3.8) is 0 Å². The number of fused-ring (bicyclic) bond motifs is 2. The Kier molecular flexibility index (Phi) is 3.90. The van der Waals surface area contributed by atoms with Crippen LogP contribution in [-0.2, 0) is 24.2 Å². The van der Waals surface area contributed by atoms with E-state index in [9.17, 15) is 4.79 Å². The zero-order valence-electron chi connectivity index (χ0n) is 13.4. The lowest BCUT2D eigenvalue weighted by Crippen LogP contribution is -2.41. The predicted molar refractivity (Wildman–Crippen MR) is 89.2 cm³/mol. The van der Waals surface area contributed by atoms with Crippen LogP contribution >= 0.6 is 0 Å². The van der Waals surface area contributed by atoms with Gasteiger partial charge in [-0.1, -0.05) is 24.3 Å². The molecule has 2 heterocycles. The molecule has 4 rings (SSSR count). The first-order valence-corrected chi connectivity index (χ1v) is 8.67. The summed E-state index contributed by atoms with van der Waals surface area (Å²) in [6, 6.07) is 8.84. The number of amides is 1. The maximum atomic E-state index is 12.5. The summed E-state index contributed by atoms with van der Waals surface area (Å²) in [5.41, 5.74) is 2.81. The minimum atomic E-state index is 0.195. The van der Waals surface area contributed by atoms with Crippen molar-refractivity contribution in [2.24, 2.45) is 0 Å². The highest BCUT2D eigenvalue weighted by atomic mass is 16.1. The monoisotopic (exact) mass is 309 g/mol. The van der Waals surface area contributed by atoms with Gasteiger partial charge in [-0.2, -0.15) is 0 Å². The van der Waals surface area contributed by atoms with Gasteiger partial charge >= 0.3 is 0 Å². The molecule has 1 aliphatic carbocycles. The van der Waals surface area contributed by atoms with E-state index < -0.39 is 0 Å². The van der Waals surface area contributed by atoms with Crippen molar-refractivity contribution < 1.29 is 4.79 Å². The van der Waals surface area contributed by atoms with Crippen LogP contribution in [0.25, 0.3) is 0 Å². The lowest BCUT2D eigenvalue weighted by atomic mass is 9.81. The third kappa shape index (κ3) is 3.03. The maximum absolute atomic E-state index is 12.5. The molecule has 0 fully saturated rings. The zero-order chi connectivity index (χ0) is 15.6. The molecule has 23 heavy (non-hydrogen) atoms. The summed E-state index contributed by atoms with van der Waals surface area (Å²) in [4.78, 5) is 16.8. The molecule has 2 unspecified atom stereocenters. The SMILES string of the molecule is O=C(CC1CCCc2ccccc21)NC1CCc2nccn2C1. The molecule has 1 amide bonds. The minimum absolute atomic E-state index is 0.195. The van der Waals surface area contributed by atoms with Crippen LogP contribution in [0.5, 0.6) is 0 Å². The summed E-state index contributed by atoms with van der Waals surface area (Å²) >= 11 is 0. The third-order valence-electron chi connectivity index (χ3n) is 5.23. The zero-order valence-corrected chi connectivity index (χ0v) is 13.4. The van der Waals surface area contributed by atoms with Gasteiger partial charge in [-0.25, -0.2) is 4.98 Å². The second kappa shape index (κ2) is 6.19. The van der Waals surface area contributed by atoms with E-state index in [0.29, 0.717) is 12.3 Å². The van der Waals surface area contributed by atoms with Crippen molar-refractivity contribution in [1.82, 2.24) is 14.9 Å². The third-order valence-corrected chi connectivity index (χ3v) is 5.23. The van der Waals surface area contributed by atoms with Crippen LogP contribution in [0.1, 0.15) is 48.6 Å². The molecule has 2 aromatic rings. The van der Waals surface area contributed by atoms with E-state index in [4.69, 9.17) is 0 Å². The molecule has 1 aromatic heterocycles. The molecule has 2 aliphatic rings. The van der Waals surface area contributed by atoms with E-state index in [1.165, 1.54) is 17.5 Å². The number of benzene rings is 1. The van der Waals surface area contributed by atoms with Gasteiger partial charge in [-0.3, -0.25) is 4.79 Å². The Morgan fingerprint density at radius 1 is 1.26 bits per heavy atom. The first-order chi connectivity index (χ1) is 11.3. The number of nitrogens with zero attached hydrogens (tertiary/aromatic N) is 2. The van der Waals surface area contributed by atoms with Gasteiger partial charge in [-0.15, -0.1) is 0 Å². The van der Waals surface area contributed by atoms with E-state index >= 15 is 0 Å². The molecule has 0 radical (unpaired) electrons. The van der Waals surface area contributed by atoms with Crippen molar-refractivity contribution in [2.75, 3.05) is 0 Å². The average molecular weight is 309 g/mol. The average Bonchev–Trinajstić information content (AvgIpc) is 3.03. The van der Waals surface area contributed by atoms with Crippen LogP contribution in [0, 0.1) is 0 Å². The smallest absolute Gasteiger partial charge is 0.220 e. The van der Waals surface area contributed by atoms with E-state index in [0.717, 1.165) is 38.1 Å². The molecule has 0 saturated carbocycles. The second-order valence-corrected chi connectivity index (χ2v) is 6.79. The van der Waals surface area contributed by atoms with E-state index in [1.54, 1.807) is 0 Å². The summed E-state index contributed by atoms with van der Waals surface area (Å²) in [5, 5.41) is 3.24. The Bertz CT molecular complexity index is 706. The first-order valence-electron chi connectivity index (χ1n) is 8.67. The van der Waals surface area contributed by atoms with Gasteiger partial charge in [0.15, 0.2) is 0 Å². The molecule has 4 heteroatoms. The van der Waals surface area contributed by atoms with Crippen molar-refractivity contribution in [1.29, 1.82) is 0 Å². The van der Waals surface area contributed by atoms with Crippen LogP contribution in [0.4, 0.5) is 0 Å². The van der Waals surface area contributed by atoms with Gasteiger partial charge in [0, 0.05) is 37.8 Å². The Morgan fingerprint density at radius 3 is 3.13 bits per heavy atom. The lowest BCUT2D eigenvalue weighted by molar-refractivity contribution is -0.122. The van der Waals surface area contributed by atoms with Gasteiger partial charge < -0.3 is 9.88 Å². The summed E-state index contributed by atoms with van der Waals surface area (Å²) in [6.07, 6.45) is 9.87. The molecule has 0 spiro atoms. The van der Waals surface area contributed by atoms with Crippen molar-refractivity contribution >= 4 is 5.91 Å². The molecule has 0 saturated heterocycles. The highest BCUT2D eigenvalue weighted by Gasteiger charge is 2.25. The fourth-order valence-electron chi connectivity index (χ4n) is 4.06. The summed E-state index contributed by atoms with van der Waals surface area (Å²) in [5.74, 6) is 1.71. The van der Waals surface area contributed by atoms with Crippen molar-refractivity contribution in [3.8, 4) is 0 Å². The largest absolute Gasteiger partial charge is 0.352 e. The fourth-order valence-corrected chi connectivity index (χ4v) is 4.06. The summed E-state index contributed by atoms with van der Waals surface area (Å²) in [7, 11) is 0. The molecule has 2 atom stereocenters. The van der Waals surface area contributed by atoms with Crippen LogP contribution < -0.4 is 5.32 Å². The standard InChI is InChI=1S/C19H23N3O/c23-19(21-16-8-9-18-20-10-11-22(18)13-16)12-15-6-3-5-14-4-1-2-7-17(14)15/h1-2,4,7,10-11,15-16H,3,5-6,8-9,12-13H2,(H,21,23). The first kappa shape index (κ1) is 14.5. The van der Waals surface area contributed by atoms with Crippen LogP contribution in [0.2, 0.25) is 0 Å². The molecular formula is C19H23N3O. The quantitative estimate of drug-likeness (QED) is 0.947. The number of aromatic nitrogens is 2. The number of hydrogen-bond acceptors (Lipinski definition) is 2. The summed E-state index contributed by atoms with van der Waals surface area (Å²) < 4.78 is 2.16. The molecule has 1 aliphatic heterocycles. The minimum Gasteiger partial charge on any atom is -0.352 e. The van der Waals surface area contributed by atoms with E-state index in [-0.39, 0.29) is 11.9 Å². The highest BCUT2D eigenvalue weighted by molar-refractivity contribution is 5.77. The molecule has 120 valence electrons. The van der Waals surface area contributed by atoms with Crippen LogP contribution in [-0.4, -0.2) is 21.5 Å². The normalized spacial score (nSPS) is 23.0. The maximum Gasteiger partial charge on any atom is 0.220 e. The number of carbonyl (C=O) groups excluding carboxylic acids is 1. The number of rotatable bonds is 3. The number of hydrogen-bond donors (Lipinski definition) is 1. The Hall–Kier alpha value is -2.10. The highest BCUT2D eigenvalue weighted by Crippen LogP contribution is 2.33. The van der Waals surface area contributed by atoms with Gasteiger partial charge in [0.05, 0.1) is 0 Å². The Morgan fingerprint density at radius 2 is 2.17 bits per heavy atom. The van der Waals surface area contributed by atoms with Gasteiger partial charge in [0.25, 0.3) is 0 Å². The molecule has 0 bridgehead atoms. The van der Waals surface area contributed by atoms with Gasteiger partial charge in [0.2, 0.25) is 5.91 Å². The topological polar surface area (TPSA) is 46.9 Å². The van der Waals surface area contributed by atoms with Crippen molar-refractivity contribution in [3.05, 3.63) is 53.6 Å². The van der Waals surface area contributed by atoms with Gasteiger partial charge in [-0.05, 0) is 42.7 Å². The van der Waals surface area contributed by atoms with E-state index in [2.05, 4.69) is 39.1 Å². The fraction of sp³-hybridized carbons (Fsp3) is 0.474. The van der Waals surface area contributed by atoms with Gasteiger partial charge in [0.1, 0.15) is 5.82 Å². The van der Waals surface area contributed by atoms with E-state index in [1.807, 2.05) is 12.4 Å². The lowest BCUT2D eigenvalue weighted by Gasteiger charge is -2.28. The molecular weight excluding hydrogens is 286 g/mol. The van der Waals surface area contributed by atoms with Crippen LogP contribution in [0.3, 0.4) is 0 Å². The van der Waals surface area contributed by atoms with Crippen LogP contribution in [0.15, 0.2) is 36.7 Å². The Labute approximate surface area is 136 Å². The molecule has 4 nitrogen and oxygen atoms in total. The molecule has 1 aromatic carbocycles. The number of carbonyl (C=O) groups is 1. The number of imidazole rings is 1. The van der Waals surface area contributed by atoms with Crippen molar-refractivity contribution in [2.45, 2.75) is 57.0 Å². The predicted octanol–water partition coefficient (Wildman–Crippen LogP) is 2.82. The molecule has 1 N–H and O–H groups in total.